The van der Waals surface area contributed by atoms with Crippen LogP contribution >= 0.6 is 12.6 Å². The molecule has 0 nitrogen and oxygen atoms in total. The van der Waals surface area contributed by atoms with Crippen molar-refractivity contribution in [1.29, 1.82) is 0 Å². The van der Waals surface area contributed by atoms with Gasteiger partial charge in [-0.2, -0.15) is 12.6 Å². The van der Waals surface area contributed by atoms with Crippen molar-refractivity contribution in [1.82, 2.24) is 0 Å². The minimum absolute atomic E-state index is 0. The van der Waals surface area contributed by atoms with E-state index in [4.69, 9.17) is 0 Å². The second-order valence-corrected chi connectivity index (χ2v) is 11.1. The number of thiol groups is 1. The Kier molecular flexibility index (Phi) is 5.00. The minimum Gasteiger partial charge on any atom is -0.176 e. The molecule has 0 heterocycles. The normalized spacial score (nSPS) is 12.7. The van der Waals surface area contributed by atoms with Crippen LogP contribution in [0.1, 0.15) is 13.8 Å². The van der Waals surface area contributed by atoms with Crippen LogP contribution < -0.4 is 0 Å². The average molecular weight is 199 g/mol. The summed E-state index contributed by atoms with van der Waals surface area (Å²) in [5.74, 6) is 0. The summed E-state index contributed by atoms with van der Waals surface area (Å²) in [5, 5.41) is 0. The molecule has 0 aliphatic rings. The third-order valence-corrected chi connectivity index (χ3v) is 7.52. The van der Waals surface area contributed by atoms with Crippen molar-refractivity contribution >= 4 is 20.7 Å². The molecule has 1 radical (unpaired) electrons. The van der Waals surface area contributed by atoms with Crippen molar-refractivity contribution in [3.63, 3.8) is 0 Å². The summed E-state index contributed by atoms with van der Waals surface area (Å²) in [5.41, 5.74) is 0. The fourth-order valence-electron chi connectivity index (χ4n) is 0. The van der Waals surface area contributed by atoms with Crippen LogP contribution in [-0.4, -0.2) is 12.4 Å². The van der Waals surface area contributed by atoms with E-state index < -0.39 is 8.07 Å². The molecular weight excluding hydrogens is 183 g/mol. The average Bonchev–Trinajstić information content (AvgIpc) is 1.25. The molecule has 0 N–H and O–H groups in total. The van der Waals surface area contributed by atoms with Gasteiger partial charge in [0.15, 0.2) is 0 Å². The molecule has 0 fully saturated rings. The number of rotatable bonds is 1. The van der Waals surface area contributed by atoms with E-state index in [0.717, 1.165) is 0 Å². The summed E-state index contributed by atoms with van der Waals surface area (Å²) >= 11 is 4.50. The first-order valence-corrected chi connectivity index (χ1v) is 6.92. The minimum atomic E-state index is -0.995. The van der Waals surface area contributed by atoms with Gasteiger partial charge in [-0.1, -0.05) is 33.5 Å². The molecule has 0 bridgehead atoms. The summed E-state index contributed by atoms with van der Waals surface area (Å²) < 4.78 is 0.271. The topological polar surface area (TPSA) is 0 Å². The fourth-order valence-corrected chi connectivity index (χ4v) is 0. The molecule has 9 heavy (non-hydrogen) atoms. The van der Waals surface area contributed by atoms with E-state index in [1.54, 1.807) is 0 Å². The van der Waals surface area contributed by atoms with Crippen LogP contribution in [0.25, 0.3) is 0 Å². The quantitative estimate of drug-likeness (QED) is 0.487. The Labute approximate surface area is 77.1 Å². The van der Waals surface area contributed by atoms with E-state index in [1.165, 1.54) is 0 Å². The SMILES string of the molecule is CC(C)(S)[Si](C)(C)C.[V]. The van der Waals surface area contributed by atoms with E-state index in [1.807, 2.05) is 0 Å². The zero-order chi connectivity index (χ0) is 7.00. The Bertz CT molecular complexity index is 68.0. The van der Waals surface area contributed by atoms with Gasteiger partial charge in [-0.15, -0.1) is 0 Å². The van der Waals surface area contributed by atoms with Gasteiger partial charge in [-0.25, -0.2) is 0 Å². The van der Waals surface area contributed by atoms with Crippen LogP contribution in [0, 0.1) is 0 Å². The summed E-state index contributed by atoms with van der Waals surface area (Å²) in [6.07, 6.45) is 0. The molecule has 0 spiro atoms. The van der Waals surface area contributed by atoms with E-state index >= 15 is 0 Å². The molecule has 0 aromatic carbocycles. The van der Waals surface area contributed by atoms with E-state index in [0.29, 0.717) is 0 Å². The zero-order valence-electron chi connectivity index (χ0n) is 6.89. The van der Waals surface area contributed by atoms with Gasteiger partial charge in [-0.3, -0.25) is 0 Å². The molecule has 3 heteroatoms. The molecule has 0 aliphatic heterocycles. The monoisotopic (exact) mass is 199 g/mol. The fraction of sp³-hybridized carbons (Fsp3) is 1.00. The summed E-state index contributed by atoms with van der Waals surface area (Å²) in [4.78, 5) is 0. The van der Waals surface area contributed by atoms with Crippen LogP contribution in [0.4, 0.5) is 0 Å². The molecule has 0 unspecified atom stereocenters. The van der Waals surface area contributed by atoms with Crippen molar-refractivity contribution in [2.75, 3.05) is 0 Å². The summed E-state index contributed by atoms with van der Waals surface area (Å²) in [7, 11) is -0.995. The second kappa shape index (κ2) is 3.52. The van der Waals surface area contributed by atoms with Crippen molar-refractivity contribution in [2.24, 2.45) is 0 Å². The van der Waals surface area contributed by atoms with E-state index in [-0.39, 0.29) is 22.9 Å². The van der Waals surface area contributed by atoms with E-state index in [9.17, 15) is 0 Å². The second-order valence-electron chi connectivity index (χ2n) is 3.81. The summed E-state index contributed by atoms with van der Waals surface area (Å²) in [6, 6.07) is 0. The molecule has 0 aliphatic carbocycles. The Balaban J connectivity index is 0. The molecule has 0 saturated heterocycles. The Morgan fingerprint density at radius 2 is 1.22 bits per heavy atom. The van der Waals surface area contributed by atoms with Crippen LogP contribution in [0.3, 0.4) is 0 Å². The largest absolute Gasteiger partial charge is 0.176 e. The molecule has 0 aromatic rings. The van der Waals surface area contributed by atoms with Gasteiger partial charge in [-0.05, 0) is 0 Å². The van der Waals surface area contributed by atoms with Crippen LogP contribution in [0.2, 0.25) is 19.6 Å². The first-order valence-electron chi connectivity index (χ1n) is 2.97. The third-order valence-electron chi connectivity index (χ3n) is 1.84. The van der Waals surface area contributed by atoms with Crippen molar-refractivity contribution in [3.8, 4) is 0 Å². The maximum Gasteiger partial charge on any atom is 0.0615 e. The number of hydrogen-bond donors (Lipinski definition) is 1. The molecule has 0 atom stereocenters. The van der Waals surface area contributed by atoms with Crippen molar-refractivity contribution in [2.45, 2.75) is 37.9 Å². The van der Waals surface area contributed by atoms with Crippen LogP contribution in [0.5, 0.6) is 0 Å². The van der Waals surface area contributed by atoms with Crippen molar-refractivity contribution < 1.29 is 18.6 Å². The van der Waals surface area contributed by atoms with Gasteiger partial charge in [0.1, 0.15) is 0 Å². The molecule has 0 amide bonds. The molecule has 0 aromatic heterocycles. The summed E-state index contributed by atoms with van der Waals surface area (Å²) in [6.45, 7) is 11.4. The maximum absolute atomic E-state index is 4.50. The Hall–Kier alpha value is 1.15. The molecule has 55 valence electrons. The van der Waals surface area contributed by atoms with Gasteiger partial charge < -0.3 is 0 Å². The van der Waals surface area contributed by atoms with Gasteiger partial charge >= 0.3 is 0 Å². The Morgan fingerprint density at radius 1 is 1.11 bits per heavy atom. The predicted molar refractivity (Wildman–Crippen MR) is 46.4 cm³/mol. The number of hydrogen-bond acceptors (Lipinski definition) is 1. The Morgan fingerprint density at radius 3 is 1.22 bits per heavy atom. The van der Waals surface area contributed by atoms with Gasteiger partial charge in [0, 0.05) is 22.9 Å². The van der Waals surface area contributed by atoms with Crippen LogP contribution in [0.15, 0.2) is 0 Å². The first-order chi connectivity index (χ1) is 3.25. The maximum atomic E-state index is 4.50. The third kappa shape index (κ3) is 4.54. The standard InChI is InChI=1S/C6H16SSi.V/c1-6(2,7)8(3,4)5;/h7H,1-5H3;. The van der Waals surface area contributed by atoms with Gasteiger partial charge in [0.25, 0.3) is 0 Å². The predicted octanol–water partition coefficient (Wildman–Crippen LogP) is 2.57. The molecule has 0 rings (SSSR count). The first kappa shape index (κ1) is 12.8. The van der Waals surface area contributed by atoms with Gasteiger partial charge in [0.05, 0.1) is 8.07 Å². The molecule has 0 saturated carbocycles. The van der Waals surface area contributed by atoms with Gasteiger partial charge in [0.2, 0.25) is 0 Å². The smallest absolute Gasteiger partial charge is 0.0615 e. The zero-order valence-corrected chi connectivity index (χ0v) is 10.2. The van der Waals surface area contributed by atoms with Crippen molar-refractivity contribution in [3.05, 3.63) is 0 Å². The van der Waals surface area contributed by atoms with Crippen LogP contribution in [-0.2, 0) is 18.6 Å². The van der Waals surface area contributed by atoms with E-state index in [2.05, 4.69) is 46.1 Å². The molecular formula is C6H16SSiV.